The Morgan fingerprint density at radius 2 is 2.09 bits per heavy atom. The first-order chi connectivity index (χ1) is 11.2. The van der Waals surface area contributed by atoms with Crippen molar-refractivity contribution in [2.24, 2.45) is 0 Å². The SMILES string of the molecule is O=C(CSCc1c(F)cccc1Cl)NCCSC1CCCCC1. The van der Waals surface area contributed by atoms with Crippen molar-refractivity contribution in [3.05, 3.63) is 34.6 Å². The van der Waals surface area contributed by atoms with Gasteiger partial charge in [0.2, 0.25) is 5.91 Å². The molecule has 0 heterocycles. The summed E-state index contributed by atoms with van der Waals surface area (Å²) >= 11 is 9.33. The molecule has 1 amide bonds. The Bertz CT molecular complexity index is 489. The maximum Gasteiger partial charge on any atom is 0.230 e. The predicted octanol–water partition coefficient (Wildman–Crippen LogP) is 4.89. The summed E-state index contributed by atoms with van der Waals surface area (Å²) in [6.45, 7) is 0.709. The quantitative estimate of drug-likeness (QED) is 0.655. The third kappa shape index (κ3) is 6.94. The minimum Gasteiger partial charge on any atom is -0.355 e. The molecule has 0 saturated heterocycles. The summed E-state index contributed by atoms with van der Waals surface area (Å²) in [6, 6.07) is 4.65. The van der Waals surface area contributed by atoms with Crippen LogP contribution >= 0.6 is 35.1 Å². The van der Waals surface area contributed by atoms with E-state index in [4.69, 9.17) is 11.6 Å². The van der Waals surface area contributed by atoms with Gasteiger partial charge in [-0.1, -0.05) is 36.9 Å². The Morgan fingerprint density at radius 1 is 1.30 bits per heavy atom. The third-order valence-corrected chi connectivity index (χ3v) is 6.57. The number of hydrogen-bond acceptors (Lipinski definition) is 3. The van der Waals surface area contributed by atoms with E-state index in [1.807, 2.05) is 11.8 Å². The fourth-order valence-corrected chi connectivity index (χ4v) is 5.03. The van der Waals surface area contributed by atoms with Crippen LogP contribution in [-0.4, -0.2) is 29.2 Å². The first kappa shape index (κ1) is 18.9. The summed E-state index contributed by atoms with van der Waals surface area (Å²) in [6.07, 6.45) is 6.70. The molecule has 1 aliphatic carbocycles. The molecule has 1 saturated carbocycles. The summed E-state index contributed by atoms with van der Waals surface area (Å²) in [5.74, 6) is 1.41. The van der Waals surface area contributed by atoms with Crippen molar-refractivity contribution >= 4 is 41.0 Å². The average Bonchev–Trinajstić information content (AvgIpc) is 2.55. The van der Waals surface area contributed by atoms with Crippen molar-refractivity contribution in [2.45, 2.75) is 43.1 Å². The van der Waals surface area contributed by atoms with Gasteiger partial charge in [0.25, 0.3) is 0 Å². The molecule has 1 aromatic carbocycles. The van der Waals surface area contributed by atoms with Crippen LogP contribution in [0.25, 0.3) is 0 Å². The molecule has 0 aromatic heterocycles. The zero-order chi connectivity index (χ0) is 16.5. The average molecular weight is 376 g/mol. The fraction of sp³-hybridized carbons (Fsp3) is 0.588. The van der Waals surface area contributed by atoms with Crippen LogP contribution in [0.4, 0.5) is 4.39 Å². The second-order valence-corrected chi connectivity index (χ2v) is 8.47. The predicted molar refractivity (Wildman–Crippen MR) is 99.9 cm³/mol. The maximum absolute atomic E-state index is 13.6. The number of rotatable bonds is 8. The van der Waals surface area contributed by atoms with Crippen LogP contribution in [0, 0.1) is 5.82 Å². The number of carbonyl (C=O) groups excluding carboxylic acids is 1. The van der Waals surface area contributed by atoms with E-state index in [9.17, 15) is 9.18 Å². The second-order valence-electron chi connectivity index (χ2n) is 5.67. The Morgan fingerprint density at radius 3 is 2.83 bits per heavy atom. The van der Waals surface area contributed by atoms with Crippen LogP contribution in [-0.2, 0) is 10.5 Å². The lowest BCUT2D eigenvalue weighted by Gasteiger charge is -2.20. The molecule has 128 valence electrons. The Labute approximate surface area is 151 Å². The van der Waals surface area contributed by atoms with Gasteiger partial charge in [0.15, 0.2) is 0 Å². The highest BCUT2D eigenvalue weighted by molar-refractivity contribution is 8.00. The van der Waals surface area contributed by atoms with Gasteiger partial charge in [-0.05, 0) is 25.0 Å². The number of carbonyl (C=O) groups is 1. The number of nitrogens with one attached hydrogen (secondary N) is 1. The van der Waals surface area contributed by atoms with Crippen LogP contribution < -0.4 is 5.32 Å². The maximum atomic E-state index is 13.6. The standard InChI is InChI=1S/C17H23ClFNOS2/c18-15-7-4-8-16(19)14(15)11-22-12-17(21)20-9-10-23-13-5-2-1-3-6-13/h4,7-8,13H,1-3,5-6,9-12H2,(H,20,21). The second kappa shape index (κ2) is 10.5. The topological polar surface area (TPSA) is 29.1 Å². The minimum atomic E-state index is -0.311. The molecule has 0 unspecified atom stereocenters. The summed E-state index contributed by atoms with van der Waals surface area (Å²) in [4.78, 5) is 11.8. The van der Waals surface area contributed by atoms with E-state index < -0.39 is 0 Å². The monoisotopic (exact) mass is 375 g/mol. The number of hydrogen-bond donors (Lipinski definition) is 1. The van der Waals surface area contributed by atoms with Crippen LogP contribution in [0.5, 0.6) is 0 Å². The van der Waals surface area contributed by atoms with E-state index in [0.717, 1.165) is 11.0 Å². The van der Waals surface area contributed by atoms with Gasteiger partial charge in [0.05, 0.1) is 5.75 Å². The van der Waals surface area contributed by atoms with Gasteiger partial charge >= 0.3 is 0 Å². The summed E-state index contributed by atoms with van der Waals surface area (Å²) in [5, 5.41) is 4.12. The van der Waals surface area contributed by atoms with Gasteiger partial charge in [-0.3, -0.25) is 4.79 Å². The molecule has 0 aliphatic heterocycles. The van der Waals surface area contributed by atoms with E-state index in [-0.39, 0.29) is 11.7 Å². The van der Waals surface area contributed by atoms with E-state index in [0.29, 0.717) is 28.6 Å². The lowest BCUT2D eigenvalue weighted by molar-refractivity contribution is -0.118. The highest BCUT2D eigenvalue weighted by Gasteiger charge is 2.13. The highest BCUT2D eigenvalue weighted by atomic mass is 35.5. The van der Waals surface area contributed by atoms with E-state index >= 15 is 0 Å². The molecule has 0 bridgehead atoms. The summed E-state index contributed by atoms with van der Waals surface area (Å²) < 4.78 is 13.6. The zero-order valence-electron chi connectivity index (χ0n) is 13.2. The third-order valence-electron chi connectivity index (χ3n) is 3.87. The van der Waals surface area contributed by atoms with Crippen LogP contribution in [0.1, 0.15) is 37.7 Å². The normalized spacial score (nSPS) is 15.6. The molecule has 0 radical (unpaired) electrons. The van der Waals surface area contributed by atoms with Gasteiger partial charge in [-0.25, -0.2) is 4.39 Å². The molecule has 1 N–H and O–H groups in total. The van der Waals surface area contributed by atoms with Crippen molar-refractivity contribution in [2.75, 3.05) is 18.1 Å². The molecular weight excluding hydrogens is 353 g/mol. The lowest BCUT2D eigenvalue weighted by atomic mass is 10.0. The Kier molecular flexibility index (Phi) is 8.62. The molecular formula is C17H23ClFNOS2. The molecule has 0 atom stereocenters. The van der Waals surface area contributed by atoms with Gasteiger partial charge in [-0.2, -0.15) is 11.8 Å². The van der Waals surface area contributed by atoms with Crippen molar-refractivity contribution in [3.8, 4) is 0 Å². The Balaban J connectivity index is 1.56. The van der Waals surface area contributed by atoms with Crippen LogP contribution in [0.3, 0.4) is 0 Å². The number of amides is 1. The largest absolute Gasteiger partial charge is 0.355 e. The van der Waals surface area contributed by atoms with E-state index in [1.165, 1.54) is 49.9 Å². The lowest BCUT2D eigenvalue weighted by Crippen LogP contribution is -2.28. The number of halogens is 2. The van der Waals surface area contributed by atoms with Gasteiger partial charge in [0, 0.05) is 33.9 Å². The van der Waals surface area contributed by atoms with Crippen LogP contribution in [0.15, 0.2) is 18.2 Å². The van der Waals surface area contributed by atoms with Crippen molar-refractivity contribution in [1.29, 1.82) is 0 Å². The van der Waals surface area contributed by atoms with Gasteiger partial charge in [0.1, 0.15) is 5.82 Å². The summed E-state index contributed by atoms with van der Waals surface area (Å²) in [7, 11) is 0. The number of benzene rings is 1. The zero-order valence-corrected chi connectivity index (χ0v) is 15.5. The molecule has 1 fully saturated rings. The smallest absolute Gasteiger partial charge is 0.230 e. The molecule has 23 heavy (non-hydrogen) atoms. The first-order valence-electron chi connectivity index (χ1n) is 8.05. The van der Waals surface area contributed by atoms with E-state index in [2.05, 4.69) is 5.32 Å². The molecule has 2 rings (SSSR count). The number of thioether (sulfide) groups is 2. The first-order valence-corrected chi connectivity index (χ1v) is 10.6. The molecule has 2 nitrogen and oxygen atoms in total. The van der Waals surface area contributed by atoms with Crippen LogP contribution in [0.2, 0.25) is 5.02 Å². The molecule has 1 aromatic rings. The van der Waals surface area contributed by atoms with Crippen molar-refractivity contribution in [1.82, 2.24) is 5.32 Å². The van der Waals surface area contributed by atoms with Crippen molar-refractivity contribution < 1.29 is 9.18 Å². The van der Waals surface area contributed by atoms with Gasteiger partial charge < -0.3 is 5.32 Å². The minimum absolute atomic E-state index is 0.00621. The van der Waals surface area contributed by atoms with Crippen molar-refractivity contribution in [3.63, 3.8) is 0 Å². The highest BCUT2D eigenvalue weighted by Crippen LogP contribution is 2.27. The fourth-order valence-electron chi connectivity index (χ4n) is 2.61. The van der Waals surface area contributed by atoms with E-state index in [1.54, 1.807) is 12.1 Å². The summed E-state index contributed by atoms with van der Waals surface area (Å²) in [5.41, 5.74) is 0.472. The molecule has 0 spiro atoms. The molecule has 6 heteroatoms. The van der Waals surface area contributed by atoms with Gasteiger partial charge in [-0.15, -0.1) is 11.8 Å². The Hall–Kier alpha value is -0.390. The molecule has 1 aliphatic rings.